The monoisotopic (exact) mass is 537 g/mol. The molecular weight excluding hydrogens is 500 g/mol. The van der Waals surface area contributed by atoms with Crippen LogP contribution in [0.3, 0.4) is 0 Å². The Kier molecular flexibility index (Phi) is 6.67. The van der Waals surface area contributed by atoms with Crippen LogP contribution in [0.1, 0.15) is 92.7 Å². The molecule has 0 amide bonds. The van der Waals surface area contributed by atoms with Gasteiger partial charge in [0.25, 0.3) is 0 Å². The number of rotatable bonds is 6. The predicted octanol–water partition coefficient (Wildman–Crippen LogP) is 6.32. The van der Waals surface area contributed by atoms with Gasteiger partial charge in [-0.3, -0.25) is 0 Å². The van der Waals surface area contributed by atoms with Crippen molar-refractivity contribution in [2.75, 3.05) is 0 Å². The van der Waals surface area contributed by atoms with Crippen molar-refractivity contribution in [1.29, 1.82) is 5.26 Å². The Morgan fingerprint density at radius 3 is 1.59 bits per heavy atom. The highest BCUT2D eigenvalue weighted by atomic mass is 32.1. The van der Waals surface area contributed by atoms with E-state index < -0.39 is 36.6 Å². The van der Waals surface area contributed by atoms with E-state index in [1.165, 1.54) is 4.70 Å². The molecule has 0 aliphatic carbocycles. The second kappa shape index (κ2) is 9.08. The molecule has 2 aromatic heterocycles. The minimum atomic E-state index is -0.449. The highest BCUT2D eigenvalue weighted by Crippen LogP contribution is 2.43. The number of hydrogen-bond acceptors (Lipinski definition) is 7. The summed E-state index contributed by atoms with van der Waals surface area (Å²) in [6, 6.07) is 6.90. The first kappa shape index (κ1) is 27.2. The smallest absolute Gasteiger partial charge is 0.399 e. The zero-order valence-electron chi connectivity index (χ0n) is 23.5. The lowest BCUT2D eigenvalue weighted by molar-refractivity contribution is 0.00578. The predicted molar refractivity (Wildman–Crippen MR) is 157 cm³/mol. The van der Waals surface area contributed by atoms with E-state index in [-0.39, 0.29) is 0 Å². The Balaban J connectivity index is 1.67. The van der Waals surface area contributed by atoms with Gasteiger partial charge in [-0.05, 0) is 91.3 Å². The second-order valence-electron chi connectivity index (χ2n) is 12.4. The van der Waals surface area contributed by atoms with Crippen molar-refractivity contribution in [3.05, 3.63) is 23.3 Å². The Hall–Kier alpha value is -1.40. The summed E-state index contributed by atoms with van der Waals surface area (Å²) < 4.78 is 29.9. The summed E-state index contributed by atoms with van der Waals surface area (Å²) in [6.45, 7) is 18.8. The standard InChI is InChI=1S/C28H37B2NO4S2/c1-10-11-12-13-17-18-14-21(29-32-25(2,3)26(4,5)33-29)36-23(18)24-19(20(17)16-31)15-22(37-24)30-34-27(6,7)28(8,9)35-30/h14-15H,10-13H2,1-9H3. The molecular formula is C28H37B2NO4S2. The van der Waals surface area contributed by atoms with Crippen LogP contribution in [0, 0.1) is 11.3 Å². The summed E-state index contributed by atoms with van der Waals surface area (Å²) in [7, 11) is -0.871. The third-order valence-electron chi connectivity index (χ3n) is 8.72. The van der Waals surface area contributed by atoms with Crippen LogP contribution in [0.5, 0.6) is 0 Å². The summed E-state index contributed by atoms with van der Waals surface area (Å²) in [5, 5.41) is 12.5. The highest BCUT2D eigenvalue weighted by molar-refractivity contribution is 7.35. The fourth-order valence-corrected chi connectivity index (χ4v) is 7.38. The van der Waals surface area contributed by atoms with Gasteiger partial charge in [-0.25, -0.2) is 0 Å². The Morgan fingerprint density at radius 1 is 0.730 bits per heavy atom. The molecule has 2 fully saturated rings. The quantitative estimate of drug-likeness (QED) is 0.272. The van der Waals surface area contributed by atoms with Crippen LogP contribution >= 0.6 is 22.7 Å². The van der Waals surface area contributed by atoms with Gasteiger partial charge < -0.3 is 18.6 Å². The van der Waals surface area contributed by atoms with Crippen LogP contribution in [-0.4, -0.2) is 36.6 Å². The van der Waals surface area contributed by atoms with Gasteiger partial charge in [-0.15, -0.1) is 22.7 Å². The van der Waals surface area contributed by atoms with Crippen molar-refractivity contribution in [3.63, 3.8) is 0 Å². The van der Waals surface area contributed by atoms with Crippen LogP contribution < -0.4 is 9.55 Å². The minimum Gasteiger partial charge on any atom is -0.399 e. The first-order valence-electron chi connectivity index (χ1n) is 13.3. The lowest BCUT2D eigenvalue weighted by atomic mass is 9.85. The van der Waals surface area contributed by atoms with E-state index in [4.69, 9.17) is 18.6 Å². The topological polar surface area (TPSA) is 60.7 Å². The van der Waals surface area contributed by atoms with Crippen molar-refractivity contribution in [1.82, 2.24) is 0 Å². The van der Waals surface area contributed by atoms with Gasteiger partial charge in [-0.2, -0.15) is 5.26 Å². The SMILES string of the molecule is CCCCCc1c(C#N)c2cc(B3OC(C)(C)C(C)(C)O3)sc2c2sc(B3OC(C)(C)C(C)(C)O3)cc12. The zero-order valence-corrected chi connectivity index (χ0v) is 25.2. The van der Waals surface area contributed by atoms with Crippen molar-refractivity contribution < 1.29 is 18.6 Å². The maximum absolute atomic E-state index is 10.4. The van der Waals surface area contributed by atoms with E-state index in [0.29, 0.717) is 0 Å². The van der Waals surface area contributed by atoms with Gasteiger partial charge in [-0.1, -0.05) is 19.8 Å². The number of thiophene rings is 2. The molecule has 2 saturated heterocycles. The maximum Gasteiger partial charge on any atom is 0.505 e. The number of aryl methyl sites for hydroxylation is 1. The van der Waals surface area contributed by atoms with Crippen LogP contribution in [0.2, 0.25) is 0 Å². The molecule has 5 rings (SSSR count). The van der Waals surface area contributed by atoms with E-state index in [9.17, 15) is 5.26 Å². The molecule has 2 aliphatic rings. The first-order valence-corrected chi connectivity index (χ1v) is 15.0. The van der Waals surface area contributed by atoms with E-state index in [1.54, 1.807) is 22.7 Å². The Morgan fingerprint density at radius 2 is 1.16 bits per heavy atom. The molecule has 0 unspecified atom stereocenters. The molecule has 0 bridgehead atoms. The van der Waals surface area contributed by atoms with E-state index in [0.717, 1.165) is 61.8 Å². The number of fused-ring (bicyclic) bond motifs is 3. The van der Waals surface area contributed by atoms with E-state index >= 15 is 0 Å². The number of nitrogens with zero attached hydrogens (tertiary/aromatic N) is 1. The molecule has 0 N–H and O–H groups in total. The number of nitriles is 1. The maximum atomic E-state index is 10.4. The third-order valence-corrected chi connectivity index (χ3v) is 11.2. The summed E-state index contributed by atoms with van der Waals surface area (Å²) in [6.07, 6.45) is 4.22. The molecule has 5 nitrogen and oxygen atoms in total. The van der Waals surface area contributed by atoms with Crippen LogP contribution in [-0.2, 0) is 25.0 Å². The van der Waals surface area contributed by atoms with Crippen molar-refractivity contribution in [2.45, 2.75) is 110 Å². The van der Waals surface area contributed by atoms with Crippen molar-refractivity contribution in [2.24, 2.45) is 0 Å². The molecule has 1 aromatic carbocycles. The zero-order chi connectivity index (χ0) is 27.0. The van der Waals surface area contributed by atoms with Crippen LogP contribution in [0.25, 0.3) is 20.2 Å². The Bertz CT molecular complexity index is 1370. The molecule has 37 heavy (non-hydrogen) atoms. The number of benzene rings is 1. The van der Waals surface area contributed by atoms with Gasteiger partial charge in [0.2, 0.25) is 0 Å². The van der Waals surface area contributed by atoms with Gasteiger partial charge >= 0.3 is 14.2 Å². The molecule has 3 aromatic rings. The summed E-state index contributed by atoms with van der Waals surface area (Å²) in [5.74, 6) is 0. The minimum absolute atomic E-state index is 0.405. The average Bonchev–Trinajstić information content (AvgIpc) is 3.50. The van der Waals surface area contributed by atoms with Gasteiger partial charge in [0.15, 0.2) is 0 Å². The highest BCUT2D eigenvalue weighted by Gasteiger charge is 2.53. The van der Waals surface area contributed by atoms with Crippen molar-refractivity contribution >= 4 is 66.6 Å². The molecule has 9 heteroatoms. The van der Waals surface area contributed by atoms with Crippen LogP contribution in [0.4, 0.5) is 0 Å². The average molecular weight is 537 g/mol. The third kappa shape index (κ3) is 4.38. The Labute approximate surface area is 229 Å². The molecule has 0 spiro atoms. The number of unbranched alkanes of at least 4 members (excludes halogenated alkanes) is 2. The largest absolute Gasteiger partial charge is 0.505 e. The first-order chi connectivity index (χ1) is 17.2. The van der Waals surface area contributed by atoms with E-state index in [2.05, 4.69) is 80.5 Å². The molecule has 2 aliphatic heterocycles. The van der Waals surface area contributed by atoms with Gasteiger partial charge in [0.05, 0.1) is 37.4 Å². The fraction of sp³-hybridized carbons (Fsp3) is 0.607. The van der Waals surface area contributed by atoms with Gasteiger partial charge in [0, 0.05) is 14.9 Å². The van der Waals surface area contributed by atoms with Crippen LogP contribution in [0.15, 0.2) is 12.1 Å². The molecule has 0 saturated carbocycles. The normalized spacial score (nSPS) is 21.8. The molecule has 196 valence electrons. The molecule has 4 heterocycles. The lowest BCUT2D eigenvalue weighted by Crippen LogP contribution is -2.41. The second-order valence-corrected chi connectivity index (χ2v) is 14.5. The van der Waals surface area contributed by atoms with Gasteiger partial charge in [0.1, 0.15) is 6.07 Å². The summed E-state index contributed by atoms with van der Waals surface area (Å²) in [4.78, 5) is 0. The summed E-state index contributed by atoms with van der Waals surface area (Å²) in [5.41, 5.74) is 0.264. The number of hydrogen-bond donors (Lipinski definition) is 0. The fourth-order valence-electron chi connectivity index (χ4n) is 4.95. The molecule has 0 atom stereocenters. The lowest BCUT2D eigenvalue weighted by Gasteiger charge is -2.32. The van der Waals surface area contributed by atoms with E-state index in [1.807, 2.05) is 0 Å². The summed E-state index contributed by atoms with van der Waals surface area (Å²) >= 11 is 3.40. The molecule has 0 radical (unpaired) electrons. The van der Waals surface area contributed by atoms with Crippen molar-refractivity contribution in [3.8, 4) is 6.07 Å².